The summed E-state index contributed by atoms with van der Waals surface area (Å²) in [7, 11) is 0. The molecule has 1 aromatic carbocycles. The highest BCUT2D eigenvalue weighted by atomic mass is 16.6. The zero-order chi connectivity index (χ0) is 12.8. The van der Waals surface area contributed by atoms with Crippen LogP contribution < -0.4 is 20.1 Å². The van der Waals surface area contributed by atoms with Gasteiger partial charge >= 0.3 is 0 Å². The van der Waals surface area contributed by atoms with Crippen LogP contribution in [0.3, 0.4) is 0 Å². The molecule has 5 heteroatoms. The van der Waals surface area contributed by atoms with Gasteiger partial charge in [0.15, 0.2) is 11.5 Å². The largest absolute Gasteiger partial charge is 0.486 e. The van der Waals surface area contributed by atoms with E-state index in [0.29, 0.717) is 26.3 Å². The molecule has 1 amide bonds. The van der Waals surface area contributed by atoms with Crippen LogP contribution in [0.25, 0.3) is 0 Å². The zero-order valence-corrected chi connectivity index (χ0v) is 10.5. The third-order valence-corrected chi connectivity index (χ3v) is 2.63. The average molecular weight is 250 g/mol. The van der Waals surface area contributed by atoms with Gasteiger partial charge in [0.1, 0.15) is 13.2 Å². The fourth-order valence-corrected chi connectivity index (χ4v) is 1.70. The van der Waals surface area contributed by atoms with Crippen LogP contribution in [0.5, 0.6) is 11.5 Å². The van der Waals surface area contributed by atoms with Crippen LogP contribution in [-0.2, 0) is 11.3 Å². The lowest BCUT2D eigenvalue weighted by molar-refractivity contribution is -0.120. The average Bonchev–Trinajstić information content (AvgIpc) is 2.42. The minimum atomic E-state index is -0.00765. The smallest absolute Gasteiger partial charge is 0.234 e. The number of carbonyl (C=O) groups excluding carboxylic acids is 1. The van der Waals surface area contributed by atoms with Crippen molar-refractivity contribution in [1.29, 1.82) is 0 Å². The van der Waals surface area contributed by atoms with Gasteiger partial charge in [-0.1, -0.05) is 13.0 Å². The lowest BCUT2D eigenvalue weighted by atomic mass is 10.2. The Bertz CT molecular complexity index is 421. The first-order valence-electron chi connectivity index (χ1n) is 6.15. The van der Waals surface area contributed by atoms with Gasteiger partial charge in [0.05, 0.1) is 6.54 Å². The number of likely N-dealkylation sites (N-methyl/N-ethyl adjacent to an activating group) is 1. The predicted molar refractivity (Wildman–Crippen MR) is 67.8 cm³/mol. The molecule has 0 saturated carbocycles. The summed E-state index contributed by atoms with van der Waals surface area (Å²) in [4.78, 5) is 11.4. The molecule has 0 fully saturated rings. The van der Waals surface area contributed by atoms with E-state index >= 15 is 0 Å². The first kappa shape index (κ1) is 12.7. The van der Waals surface area contributed by atoms with Crippen molar-refractivity contribution in [3.8, 4) is 11.5 Å². The highest BCUT2D eigenvalue weighted by molar-refractivity contribution is 5.77. The molecule has 1 aromatic rings. The van der Waals surface area contributed by atoms with Crippen molar-refractivity contribution in [2.45, 2.75) is 13.5 Å². The zero-order valence-electron chi connectivity index (χ0n) is 10.5. The van der Waals surface area contributed by atoms with Gasteiger partial charge in [-0.3, -0.25) is 4.79 Å². The van der Waals surface area contributed by atoms with Gasteiger partial charge in [-0.05, 0) is 24.2 Å². The summed E-state index contributed by atoms with van der Waals surface area (Å²) in [6.45, 7) is 4.77. The first-order valence-corrected chi connectivity index (χ1v) is 6.15. The number of hydrogen-bond acceptors (Lipinski definition) is 4. The molecule has 0 spiro atoms. The number of fused-ring (bicyclic) bond motifs is 1. The van der Waals surface area contributed by atoms with E-state index in [2.05, 4.69) is 10.6 Å². The Morgan fingerprint density at radius 2 is 2.06 bits per heavy atom. The van der Waals surface area contributed by atoms with E-state index in [1.807, 2.05) is 25.1 Å². The third-order valence-electron chi connectivity index (χ3n) is 2.63. The first-order chi connectivity index (χ1) is 8.79. The maximum Gasteiger partial charge on any atom is 0.234 e. The van der Waals surface area contributed by atoms with Crippen molar-refractivity contribution >= 4 is 5.91 Å². The van der Waals surface area contributed by atoms with Crippen LogP contribution in [0.2, 0.25) is 0 Å². The van der Waals surface area contributed by atoms with Crippen LogP contribution in [0.1, 0.15) is 12.5 Å². The fourth-order valence-electron chi connectivity index (χ4n) is 1.70. The molecular weight excluding hydrogens is 232 g/mol. The lowest BCUT2D eigenvalue weighted by Gasteiger charge is -2.19. The van der Waals surface area contributed by atoms with Crippen LogP contribution in [0.15, 0.2) is 18.2 Å². The number of nitrogens with one attached hydrogen (secondary N) is 2. The highest BCUT2D eigenvalue weighted by Gasteiger charge is 2.11. The molecule has 18 heavy (non-hydrogen) atoms. The van der Waals surface area contributed by atoms with Crippen molar-refractivity contribution in [3.63, 3.8) is 0 Å². The SMILES string of the molecule is CCNCC(=O)NCc1ccc2c(c1)OCCO2. The second kappa shape index (κ2) is 6.26. The van der Waals surface area contributed by atoms with Gasteiger partial charge in [0.25, 0.3) is 0 Å². The summed E-state index contributed by atoms with van der Waals surface area (Å²) in [5, 5.41) is 5.82. The Labute approximate surface area is 106 Å². The minimum Gasteiger partial charge on any atom is -0.486 e. The minimum absolute atomic E-state index is 0.00765. The van der Waals surface area contributed by atoms with E-state index in [0.717, 1.165) is 23.6 Å². The second-order valence-electron chi connectivity index (χ2n) is 4.04. The lowest BCUT2D eigenvalue weighted by Crippen LogP contribution is -2.33. The molecule has 0 unspecified atom stereocenters. The van der Waals surface area contributed by atoms with Crippen molar-refractivity contribution in [3.05, 3.63) is 23.8 Å². The van der Waals surface area contributed by atoms with E-state index in [9.17, 15) is 4.79 Å². The van der Waals surface area contributed by atoms with Crippen LogP contribution in [-0.4, -0.2) is 32.2 Å². The molecule has 2 N–H and O–H groups in total. The summed E-state index contributed by atoms with van der Waals surface area (Å²) in [5.74, 6) is 1.51. The van der Waals surface area contributed by atoms with Gasteiger partial charge in [-0.25, -0.2) is 0 Å². The fraction of sp³-hybridized carbons (Fsp3) is 0.462. The molecule has 0 aliphatic carbocycles. The molecule has 0 bridgehead atoms. The van der Waals surface area contributed by atoms with Crippen molar-refractivity contribution < 1.29 is 14.3 Å². The molecule has 0 saturated heterocycles. The van der Waals surface area contributed by atoms with Gasteiger partial charge in [0.2, 0.25) is 5.91 Å². The number of benzene rings is 1. The number of ether oxygens (including phenoxy) is 2. The Kier molecular flexibility index (Phi) is 4.41. The second-order valence-corrected chi connectivity index (χ2v) is 4.04. The maximum atomic E-state index is 11.4. The van der Waals surface area contributed by atoms with Gasteiger partial charge < -0.3 is 20.1 Å². The van der Waals surface area contributed by atoms with Crippen LogP contribution in [0, 0.1) is 0 Å². The Hall–Kier alpha value is -1.75. The molecule has 1 aliphatic heterocycles. The predicted octanol–water partition coefficient (Wildman–Crippen LogP) is 0.683. The number of amides is 1. The van der Waals surface area contributed by atoms with Gasteiger partial charge in [-0.15, -0.1) is 0 Å². The Morgan fingerprint density at radius 3 is 2.83 bits per heavy atom. The van der Waals surface area contributed by atoms with E-state index in [4.69, 9.17) is 9.47 Å². The topological polar surface area (TPSA) is 59.6 Å². The molecule has 0 atom stereocenters. The molecule has 1 aliphatic rings. The normalized spacial score (nSPS) is 13.2. The standard InChI is InChI=1S/C13H18N2O3/c1-2-14-9-13(16)15-8-10-3-4-11-12(7-10)18-6-5-17-11/h3-4,7,14H,2,5-6,8-9H2,1H3,(H,15,16). The van der Waals surface area contributed by atoms with Crippen LogP contribution in [0.4, 0.5) is 0 Å². The molecule has 98 valence electrons. The summed E-state index contributed by atoms with van der Waals surface area (Å²) >= 11 is 0. The third kappa shape index (κ3) is 3.37. The molecule has 0 radical (unpaired) electrons. The molecular formula is C13H18N2O3. The summed E-state index contributed by atoms with van der Waals surface area (Å²) in [6.07, 6.45) is 0. The number of hydrogen-bond donors (Lipinski definition) is 2. The summed E-state index contributed by atoms with van der Waals surface area (Å²) in [6, 6.07) is 5.71. The van der Waals surface area contributed by atoms with Crippen molar-refractivity contribution in [2.75, 3.05) is 26.3 Å². The van der Waals surface area contributed by atoms with Crippen molar-refractivity contribution in [1.82, 2.24) is 10.6 Å². The summed E-state index contributed by atoms with van der Waals surface area (Å²) < 4.78 is 10.9. The quantitative estimate of drug-likeness (QED) is 0.807. The molecule has 0 aromatic heterocycles. The maximum absolute atomic E-state index is 11.4. The van der Waals surface area contributed by atoms with E-state index in [-0.39, 0.29) is 5.91 Å². The Balaban J connectivity index is 1.88. The van der Waals surface area contributed by atoms with Gasteiger partial charge in [-0.2, -0.15) is 0 Å². The molecule has 1 heterocycles. The van der Waals surface area contributed by atoms with E-state index in [1.54, 1.807) is 0 Å². The highest BCUT2D eigenvalue weighted by Crippen LogP contribution is 2.30. The van der Waals surface area contributed by atoms with Crippen molar-refractivity contribution in [2.24, 2.45) is 0 Å². The van der Waals surface area contributed by atoms with Gasteiger partial charge in [0, 0.05) is 6.54 Å². The summed E-state index contributed by atoms with van der Waals surface area (Å²) in [5.41, 5.74) is 1.00. The monoisotopic (exact) mass is 250 g/mol. The van der Waals surface area contributed by atoms with Crippen LogP contribution >= 0.6 is 0 Å². The number of rotatable bonds is 5. The molecule has 5 nitrogen and oxygen atoms in total. The van der Waals surface area contributed by atoms with E-state index < -0.39 is 0 Å². The molecule has 2 rings (SSSR count). The van der Waals surface area contributed by atoms with E-state index in [1.165, 1.54) is 0 Å². The Morgan fingerprint density at radius 1 is 1.28 bits per heavy atom. The number of carbonyl (C=O) groups is 1.